The van der Waals surface area contributed by atoms with E-state index >= 15 is 0 Å². The lowest BCUT2D eigenvalue weighted by Gasteiger charge is -2.08. The predicted octanol–water partition coefficient (Wildman–Crippen LogP) is 4.54. The number of nitrogens with one attached hydrogen (secondary N) is 2. The number of hydrazine groups is 1. The van der Waals surface area contributed by atoms with Gasteiger partial charge in [0, 0.05) is 9.37 Å². The standard InChI is InChI=1S/C15H12BrN3OS2/c1-21-11-7-3-2-5-9(11)14(20)18-19-15-17-13-10(16)6-4-8-12(13)22-15/h2-8H,1H3,(H,17,19)(H,18,20). The first-order valence-corrected chi connectivity index (χ1v) is 9.27. The summed E-state index contributed by atoms with van der Waals surface area (Å²) < 4.78 is 1.99. The molecule has 4 nitrogen and oxygen atoms in total. The highest BCUT2D eigenvalue weighted by molar-refractivity contribution is 9.10. The molecule has 0 bridgehead atoms. The number of para-hydroxylation sites is 1. The Kier molecular flexibility index (Phi) is 4.66. The van der Waals surface area contributed by atoms with Crippen LogP contribution >= 0.6 is 39.0 Å². The van der Waals surface area contributed by atoms with Gasteiger partial charge in [-0.3, -0.25) is 15.6 Å². The summed E-state index contributed by atoms with van der Waals surface area (Å²) >= 11 is 6.50. The average molecular weight is 394 g/mol. The van der Waals surface area contributed by atoms with E-state index in [9.17, 15) is 4.79 Å². The van der Waals surface area contributed by atoms with Crippen LogP contribution in [0.3, 0.4) is 0 Å². The molecule has 1 aromatic heterocycles. The van der Waals surface area contributed by atoms with Crippen LogP contribution in [0.4, 0.5) is 5.13 Å². The first-order valence-electron chi connectivity index (χ1n) is 6.43. The van der Waals surface area contributed by atoms with E-state index in [0.717, 1.165) is 19.6 Å². The molecule has 3 aromatic rings. The lowest BCUT2D eigenvalue weighted by molar-refractivity contribution is 0.0960. The van der Waals surface area contributed by atoms with Crippen LogP contribution in [0.1, 0.15) is 10.4 Å². The third-order valence-corrected chi connectivity index (χ3v) is 5.38. The van der Waals surface area contributed by atoms with Gasteiger partial charge in [-0.05, 0) is 46.5 Å². The minimum Gasteiger partial charge on any atom is -0.273 e. The second kappa shape index (κ2) is 6.68. The molecule has 1 heterocycles. The van der Waals surface area contributed by atoms with Crippen molar-refractivity contribution < 1.29 is 4.79 Å². The van der Waals surface area contributed by atoms with Crippen molar-refractivity contribution in [1.29, 1.82) is 0 Å². The third kappa shape index (κ3) is 3.11. The Hall–Kier alpha value is -1.57. The molecule has 7 heteroatoms. The van der Waals surface area contributed by atoms with Crippen LogP contribution in [0.5, 0.6) is 0 Å². The smallest absolute Gasteiger partial charge is 0.270 e. The summed E-state index contributed by atoms with van der Waals surface area (Å²) in [5.74, 6) is -0.178. The number of carbonyl (C=O) groups excluding carboxylic acids is 1. The van der Waals surface area contributed by atoms with Gasteiger partial charge in [-0.2, -0.15) is 0 Å². The van der Waals surface area contributed by atoms with E-state index in [1.54, 1.807) is 17.8 Å². The van der Waals surface area contributed by atoms with E-state index in [4.69, 9.17) is 0 Å². The molecule has 1 amide bonds. The van der Waals surface area contributed by atoms with E-state index in [0.29, 0.717) is 10.7 Å². The highest BCUT2D eigenvalue weighted by Crippen LogP contribution is 2.30. The molecule has 0 radical (unpaired) electrons. The lowest BCUT2D eigenvalue weighted by Crippen LogP contribution is -2.29. The van der Waals surface area contributed by atoms with Gasteiger partial charge in [0.15, 0.2) is 0 Å². The van der Waals surface area contributed by atoms with E-state index < -0.39 is 0 Å². The Morgan fingerprint density at radius 1 is 1.23 bits per heavy atom. The first kappa shape index (κ1) is 15.3. The number of nitrogens with zero attached hydrogens (tertiary/aromatic N) is 1. The molecule has 0 fully saturated rings. The molecule has 3 rings (SSSR count). The number of rotatable bonds is 4. The number of hydrogen-bond donors (Lipinski definition) is 2. The SMILES string of the molecule is CSc1ccccc1C(=O)NNc1nc2c(Br)cccc2s1. The zero-order valence-corrected chi connectivity index (χ0v) is 14.8. The van der Waals surface area contributed by atoms with Crippen LogP contribution in [-0.2, 0) is 0 Å². The van der Waals surface area contributed by atoms with Gasteiger partial charge in [0.2, 0.25) is 5.13 Å². The Morgan fingerprint density at radius 3 is 2.82 bits per heavy atom. The van der Waals surface area contributed by atoms with Crippen LogP contribution in [0.15, 0.2) is 51.8 Å². The molecular formula is C15H12BrN3OS2. The molecule has 0 saturated heterocycles. The minimum absolute atomic E-state index is 0.178. The zero-order chi connectivity index (χ0) is 15.5. The van der Waals surface area contributed by atoms with Crippen LogP contribution in [0.2, 0.25) is 0 Å². The molecule has 22 heavy (non-hydrogen) atoms. The molecule has 0 spiro atoms. The van der Waals surface area contributed by atoms with Crippen molar-refractivity contribution in [3.05, 3.63) is 52.5 Å². The van der Waals surface area contributed by atoms with E-state index in [1.807, 2.05) is 42.7 Å². The summed E-state index contributed by atoms with van der Waals surface area (Å²) in [7, 11) is 0. The second-order valence-corrected chi connectivity index (χ2v) is 7.12. The number of thiazole rings is 1. The number of anilines is 1. The van der Waals surface area contributed by atoms with Gasteiger partial charge < -0.3 is 0 Å². The second-order valence-electron chi connectivity index (χ2n) is 4.39. The largest absolute Gasteiger partial charge is 0.273 e. The summed E-state index contributed by atoms with van der Waals surface area (Å²) in [6, 6.07) is 13.4. The summed E-state index contributed by atoms with van der Waals surface area (Å²) in [4.78, 5) is 17.7. The van der Waals surface area contributed by atoms with Crippen LogP contribution < -0.4 is 10.9 Å². The van der Waals surface area contributed by atoms with Crippen LogP contribution in [0, 0.1) is 0 Å². The number of amides is 1. The Morgan fingerprint density at radius 2 is 2.05 bits per heavy atom. The fourth-order valence-corrected chi connectivity index (χ4v) is 4.01. The van der Waals surface area contributed by atoms with Crippen LogP contribution in [0.25, 0.3) is 10.2 Å². The minimum atomic E-state index is -0.178. The van der Waals surface area contributed by atoms with Gasteiger partial charge in [-0.15, -0.1) is 11.8 Å². The number of thioether (sulfide) groups is 1. The van der Waals surface area contributed by atoms with Crippen molar-refractivity contribution in [3.8, 4) is 0 Å². The van der Waals surface area contributed by atoms with Crippen molar-refractivity contribution in [3.63, 3.8) is 0 Å². The maximum atomic E-state index is 12.3. The maximum absolute atomic E-state index is 12.3. The lowest BCUT2D eigenvalue weighted by atomic mass is 10.2. The zero-order valence-electron chi connectivity index (χ0n) is 11.6. The van der Waals surface area contributed by atoms with Gasteiger partial charge in [0.05, 0.1) is 15.8 Å². The third-order valence-electron chi connectivity index (χ3n) is 3.00. The van der Waals surface area contributed by atoms with E-state index in [1.165, 1.54) is 11.3 Å². The molecule has 0 unspecified atom stereocenters. The topological polar surface area (TPSA) is 54.0 Å². The van der Waals surface area contributed by atoms with Gasteiger partial charge in [0.1, 0.15) is 0 Å². The molecule has 112 valence electrons. The van der Waals surface area contributed by atoms with Crippen molar-refractivity contribution in [2.75, 3.05) is 11.7 Å². The number of carbonyl (C=O) groups is 1. The Labute approximate surface area is 144 Å². The number of aromatic nitrogens is 1. The molecule has 2 N–H and O–H groups in total. The normalized spacial score (nSPS) is 10.6. The number of hydrogen-bond acceptors (Lipinski definition) is 5. The highest BCUT2D eigenvalue weighted by atomic mass is 79.9. The Bertz CT molecular complexity index is 835. The summed E-state index contributed by atoms with van der Waals surface area (Å²) in [5, 5.41) is 0.650. The van der Waals surface area contributed by atoms with E-state index in [-0.39, 0.29) is 5.91 Å². The quantitative estimate of drug-likeness (QED) is 0.504. The van der Waals surface area contributed by atoms with Gasteiger partial charge in [-0.25, -0.2) is 4.98 Å². The summed E-state index contributed by atoms with van der Waals surface area (Å²) in [6.07, 6.45) is 1.95. The van der Waals surface area contributed by atoms with Crippen molar-refractivity contribution in [2.24, 2.45) is 0 Å². The van der Waals surface area contributed by atoms with Crippen LogP contribution in [-0.4, -0.2) is 17.1 Å². The number of halogens is 1. The highest BCUT2D eigenvalue weighted by Gasteiger charge is 2.11. The molecule has 2 aromatic carbocycles. The summed E-state index contributed by atoms with van der Waals surface area (Å²) in [5.41, 5.74) is 7.12. The van der Waals surface area contributed by atoms with E-state index in [2.05, 4.69) is 31.8 Å². The van der Waals surface area contributed by atoms with Gasteiger partial charge >= 0.3 is 0 Å². The van der Waals surface area contributed by atoms with Crippen molar-refractivity contribution in [1.82, 2.24) is 10.4 Å². The van der Waals surface area contributed by atoms with Crippen molar-refractivity contribution in [2.45, 2.75) is 4.90 Å². The number of benzene rings is 2. The average Bonchev–Trinajstić information content (AvgIpc) is 2.97. The maximum Gasteiger partial charge on any atom is 0.270 e. The van der Waals surface area contributed by atoms with Crippen molar-refractivity contribution >= 4 is 60.3 Å². The van der Waals surface area contributed by atoms with Gasteiger partial charge in [-0.1, -0.05) is 29.5 Å². The monoisotopic (exact) mass is 393 g/mol. The molecule has 0 aliphatic heterocycles. The Balaban J connectivity index is 1.76. The molecule has 0 atom stereocenters. The fourth-order valence-electron chi connectivity index (χ4n) is 1.98. The summed E-state index contributed by atoms with van der Waals surface area (Å²) in [6.45, 7) is 0. The molecule has 0 saturated carbocycles. The van der Waals surface area contributed by atoms with Gasteiger partial charge in [0.25, 0.3) is 5.91 Å². The fraction of sp³-hybridized carbons (Fsp3) is 0.0667. The number of fused-ring (bicyclic) bond motifs is 1. The molecule has 0 aliphatic carbocycles. The first-order chi connectivity index (χ1) is 10.7. The molecular weight excluding hydrogens is 382 g/mol. The molecule has 0 aliphatic rings. The predicted molar refractivity (Wildman–Crippen MR) is 96.6 cm³/mol.